The van der Waals surface area contributed by atoms with Crippen molar-refractivity contribution in [3.05, 3.63) is 29.3 Å². The summed E-state index contributed by atoms with van der Waals surface area (Å²) in [5, 5.41) is 13.3. The van der Waals surface area contributed by atoms with Crippen LogP contribution in [0.25, 0.3) is 0 Å². The van der Waals surface area contributed by atoms with Gasteiger partial charge in [-0.1, -0.05) is 25.1 Å². The van der Waals surface area contributed by atoms with Gasteiger partial charge in [-0.15, -0.1) is 0 Å². The minimum absolute atomic E-state index is 0.344. The van der Waals surface area contributed by atoms with E-state index in [4.69, 9.17) is 4.74 Å². The molecular weight excluding hydrogens is 250 g/mol. The lowest BCUT2D eigenvalue weighted by Crippen LogP contribution is -2.34. The summed E-state index contributed by atoms with van der Waals surface area (Å²) in [7, 11) is 0. The highest BCUT2D eigenvalue weighted by Crippen LogP contribution is 2.36. The average Bonchev–Trinajstić information content (AvgIpc) is 3.22. The summed E-state index contributed by atoms with van der Waals surface area (Å²) < 4.78 is 5.76. The van der Waals surface area contributed by atoms with Crippen LogP contribution in [0.5, 0.6) is 5.75 Å². The zero-order valence-electron chi connectivity index (χ0n) is 12.9. The van der Waals surface area contributed by atoms with Crippen LogP contribution in [0.4, 0.5) is 0 Å². The number of nitrogens with one attached hydrogen (secondary N) is 1. The van der Waals surface area contributed by atoms with Gasteiger partial charge in [-0.05, 0) is 56.2 Å². The van der Waals surface area contributed by atoms with Crippen LogP contribution >= 0.6 is 0 Å². The number of aliphatic hydroxyl groups is 1. The van der Waals surface area contributed by atoms with E-state index in [0.29, 0.717) is 13.2 Å². The zero-order chi connectivity index (χ0) is 14.5. The van der Waals surface area contributed by atoms with E-state index in [1.807, 2.05) is 32.0 Å². The number of aryl methyl sites for hydroxylation is 2. The first-order valence-electron chi connectivity index (χ1n) is 7.65. The lowest BCUT2D eigenvalue weighted by atomic mass is 10.1. The second kappa shape index (κ2) is 7.09. The van der Waals surface area contributed by atoms with Crippen LogP contribution in [-0.4, -0.2) is 30.9 Å². The summed E-state index contributed by atoms with van der Waals surface area (Å²) in [6.45, 7) is 8.28. The van der Waals surface area contributed by atoms with Gasteiger partial charge in [-0.2, -0.15) is 0 Å². The number of ether oxygens (including phenoxy) is 1. The van der Waals surface area contributed by atoms with Crippen molar-refractivity contribution >= 4 is 0 Å². The Morgan fingerprint density at radius 1 is 1.25 bits per heavy atom. The molecule has 20 heavy (non-hydrogen) atoms. The van der Waals surface area contributed by atoms with Crippen molar-refractivity contribution in [2.75, 3.05) is 19.7 Å². The maximum atomic E-state index is 9.97. The number of aliphatic hydroxyl groups excluding tert-OH is 1. The van der Waals surface area contributed by atoms with E-state index in [0.717, 1.165) is 35.3 Å². The molecule has 1 aromatic rings. The van der Waals surface area contributed by atoms with Crippen molar-refractivity contribution in [2.45, 2.75) is 39.7 Å². The molecule has 0 spiro atoms. The van der Waals surface area contributed by atoms with Gasteiger partial charge in [0.1, 0.15) is 18.5 Å². The smallest absolute Gasteiger partial charge is 0.125 e. The zero-order valence-corrected chi connectivity index (χ0v) is 12.9. The third kappa shape index (κ3) is 4.50. The Labute approximate surface area is 122 Å². The van der Waals surface area contributed by atoms with Crippen LogP contribution in [0.1, 0.15) is 30.9 Å². The predicted molar refractivity (Wildman–Crippen MR) is 82.2 cm³/mol. The summed E-state index contributed by atoms with van der Waals surface area (Å²) in [4.78, 5) is 0. The largest absolute Gasteiger partial charge is 0.490 e. The predicted octanol–water partition coefficient (Wildman–Crippen LogP) is 2.68. The summed E-state index contributed by atoms with van der Waals surface area (Å²) in [5.74, 6) is 2.53. The van der Waals surface area contributed by atoms with Crippen LogP contribution in [0.3, 0.4) is 0 Å². The molecule has 0 amide bonds. The summed E-state index contributed by atoms with van der Waals surface area (Å²) in [6.07, 6.45) is 2.29. The molecule has 3 heteroatoms. The molecule has 2 unspecified atom stereocenters. The van der Waals surface area contributed by atoms with Crippen LogP contribution in [0.2, 0.25) is 0 Å². The van der Waals surface area contributed by atoms with Crippen molar-refractivity contribution < 1.29 is 9.84 Å². The maximum Gasteiger partial charge on any atom is 0.125 e. The van der Waals surface area contributed by atoms with Gasteiger partial charge in [0.15, 0.2) is 0 Å². The fourth-order valence-corrected chi connectivity index (χ4v) is 2.57. The Morgan fingerprint density at radius 2 is 1.90 bits per heavy atom. The quantitative estimate of drug-likeness (QED) is 0.767. The molecule has 1 fully saturated rings. The fraction of sp³-hybridized carbons (Fsp3) is 0.647. The molecule has 1 saturated carbocycles. The van der Waals surface area contributed by atoms with E-state index < -0.39 is 6.10 Å². The summed E-state index contributed by atoms with van der Waals surface area (Å²) >= 11 is 0. The summed E-state index contributed by atoms with van der Waals surface area (Å²) in [6, 6.07) is 6.09. The van der Waals surface area contributed by atoms with E-state index in [2.05, 4.69) is 12.2 Å². The Hall–Kier alpha value is -1.06. The molecule has 0 aromatic heterocycles. The fourth-order valence-electron chi connectivity index (χ4n) is 2.57. The van der Waals surface area contributed by atoms with E-state index in [9.17, 15) is 5.11 Å². The van der Waals surface area contributed by atoms with Gasteiger partial charge in [0.05, 0.1) is 0 Å². The third-order valence-electron chi connectivity index (χ3n) is 4.10. The van der Waals surface area contributed by atoms with Crippen LogP contribution in [0, 0.1) is 25.7 Å². The first-order valence-corrected chi connectivity index (χ1v) is 7.65. The van der Waals surface area contributed by atoms with Gasteiger partial charge in [0.2, 0.25) is 0 Å². The highest BCUT2D eigenvalue weighted by molar-refractivity contribution is 5.39. The lowest BCUT2D eigenvalue weighted by Gasteiger charge is -2.17. The molecule has 2 rings (SSSR count). The maximum absolute atomic E-state index is 9.97. The second-order valence-corrected chi connectivity index (χ2v) is 6.16. The highest BCUT2D eigenvalue weighted by Gasteiger charge is 2.27. The number of para-hydroxylation sites is 1. The van der Waals surface area contributed by atoms with Crippen molar-refractivity contribution in [1.82, 2.24) is 5.32 Å². The Morgan fingerprint density at radius 3 is 2.50 bits per heavy atom. The molecular formula is C17H27NO2. The molecule has 0 aliphatic heterocycles. The van der Waals surface area contributed by atoms with Gasteiger partial charge in [0.25, 0.3) is 0 Å². The monoisotopic (exact) mass is 277 g/mol. The molecule has 2 atom stereocenters. The summed E-state index contributed by atoms with van der Waals surface area (Å²) in [5.41, 5.74) is 2.24. The first kappa shape index (κ1) is 15.3. The topological polar surface area (TPSA) is 41.5 Å². The van der Waals surface area contributed by atoms with E-state index in [1.54, 1.807) is 0 Å². The van der Waals surface area contributed by atoms with Gasteiger partial charge < -0.3 is 15.2 Å². The molecule has 2 N–H and O–H groups in total. The van der Waals surface area contributed by atoms with Gasteiger partial charge in [0, 0.05) is 6.54 Å². The van der Waals surface area contributed by atoms with E-state index >= 15 is 0 Å². The molecule has 0 bridgehead atoms. The SMILES string of the molecule is Cc1cccc(C)c1OCC(O)CNCC(C)C1CC1. The Balaban J connectivity index is 1.67. The van der Waals surface area contributed by atoms with Crippen molar-refractivity contribution in [1.29, 1.82) is 0 Å². The Bertz CT molecular complexity index is 409. The van der Waals surface area contributed by atoms with Crippen LogP contribution in [-0.2, 0) is 0 Å². The highest BCUT2D eigenvalue weighted by atomic mass is 16.5. The van der Waals surface area contributed by atoms with Crippen LogP contribution < -0.4 is 10.1 Å². The van der Waals surface area contributed by atoms with Crippen molar-refractivity contribution in [3.8, 4) is 5.75 Å². The molecule has 3 nitrogen and oxygen atoms in total. The lowest BCUT2D eigenvalue weighted by molar-refractivity contribution is 0.104. The Kier molecular flexibility index (Phi) is 5.44. The average molecular weight is 277 g/mol. The van der Waals surface area contributed by atoms with Gasteiger partial charge in [-0.25, -0.2) is 0 Å². The van der Waals surface area contributed by atoms with Crippen molar-refractivity contribution in [3.63, 3.8) is 0 Å². The standard InChI is InChI=1S/C17H27NO2/c1-12-5-4-6-13(2)17(12)20-11-16(19)10-18-9-14(3)15-7-8-15/h4-6,14-16,18-19H,7-11H2,1-3H3. The minimum atomic E-state index is -0.458. The van der Waals surface area contributed by atoms with Crippen LogP contribution in [0.15, 0.2) is 18.2 Å². The van der Waals surface area contributed by atoms with Crippen molar-refractivity contribution in [2.24, 2.45) is 11.8 Å². The first-order chi connectivity index (χ1) is 9.58. The van der Waals surface area contributed by atoms with Gasteiger partial charge >= 0.3 is 0 Å². The molecule has 1 aliphatic rings. The second-order valence-electron chi connectivity index (χ2n) is 6.16. The normalized spacial score (nSPS) is 17.8. The molecule has 112 valence electrons. The third-order valence-corrected chi connectivity index (χ3v) is 4.10. The molecule has 1 aromatic carbocycles. The van der Waals surface area contributed by atoms with E-state index in [1.165, 1.54) is 12.8 Å². The number of hydrogen-bond donors (Lipinski definition) is 2. The van der Waals surface area contributed by atoms with E-state index in [-0.39, 0.29) is 0 Å². The number of benzene rings is 1. The molecule has 0 saturated heterocycles. The molecule has 1 aliphatic carbocycles. The molecule has 0 radical (unpaired) electrons. The number of hydrogen-bond acceptors (Lipinski definition) is 3. The minimum Gasteiger partial charge on any atom is -0.490 e. The molecule has 0 heterocycles. The van der Waals surface area contributed by atoms with Gasteiger partial charge in [-0.3, -0.25) is 0 Å². The number of rotatable bonds is 8.